The summed E-state index contributed by atoms with van der Waals surface area (Å²) in [5.41, 5.74) is 10.6. The Bertz CT molecular complexity index is 1080. The lowest BCUT2D eigenvalue weighted by molar-refractivity contribution is -0.139. The van der Waals surface area contributed by atoms with E-state index in [1.807, 2.05) is 36.4 Å². The van der Waals surface area contributed by atoms with Gasteiger partial charge in [0.1, 0.15) is 25.0 Å². The fraction of sp³-hybridized carbons (Fsp3) is 0.231. The number of alkyl carbamates (subject to hydrolysis) is 1. The maximum Gasteiger partial charge on any atom is 0.407 e. The summed E-state index contributed by atoms with van der Waals surface area (Å²) >= 11 is 0. The minimum absolute atomic E-state index is 0.0903. The Morgan fingerprint density at radius 2 is 1.55 bits per heavy atom. The molecule has 1 atom stereocenters. The van der Waals surface area contributed by atoms with Crippen LogP contribution in [0.1, 0.15) is 22.6 Å². The molecule has 0 saturated heterocycles. The normalized spacial score (nSPS) is 13.0. The van der Waals surface area contributed by atoms with Crippen LogP contribution in [0.15, 0.2) is 72.8 Å². The molecule has 0 fully saturated rings. The van der Waals surface area contributed by atoms with E-state index in [0.717, 1.165) is 27.8 Å². The van der Waals surface area contributed by atoms with Gasteiger partial charge in [0.2, 0.25) is 0 Å². The molecule has 3 aromatic carbocycles. The van der Waals surface area contributed by atoms with Crippen LogP contribution >= 0.6 is 0 Å². The highest BCUT2D eigenvalue weighted by atomic mass is 16.5. The predicted octanol–water partition coefficient (Wildman–Crippen LogP) is 3.56. The third kappa shape index (κ3) is 5.15. The van der Waals surface area contributed by atoms with E-state index in [2.05, 4.69) is 17.4 Å². The smallest absolute Gasteiger partial charge is 0.407 e. The van der Waals surface area contributed by atoms with E-state index in [0.29, 0.717) is 18.9 Å². The molecule has 4 rings (SSSR count). The molecule has 7 nitrogen and oxygen atoms in total. The minimum atomic E-state index is -1.13. The highest BCUT2D eigenvalue weighted by Gasteiger charge is 2.29. The summed E-state index contributed by atoms with van der Waals surface area (Å²) in [6, 6.07) is 22.0. The Hall–Kier alpha value is -3.84. The maximum absolute atomic E-state index is 12.5. The monoisotopic (exact) mass is 446 g/mol. The predicted molar refractivity (Wildman–Crippen MR) is 124 cm³/mol. The highest BCUT2D eigenvalue weighted by Crippen LogP contribution is 2.44. The number of carbonyl (C=O) groups excluding carboxylic acids is 1. The van der Waals surface area contributed by atoms with Gasteiger partial charge in [-0.25, -0.2) is 9.59 Å². The minimum Gasteiger partial charge on any atom is -0.492 e. The van der Waals surface area contributed by atoms with Gasteiger partial charge in [0.05, 0.1) is 0 Å². The lowest BCUT2D eigenvalue weighted by Gasteiger charge is -2.17. The first kappa shape index (κ1) is 22.4. The molecule has 170 valence electrons. The number of amides is 1. The zero-order valence-electron chi connectivity index (χ0n) is 18.1. The lowest BCUT2D eigenvalue weighted by atomic mass is 9.98. The number of ether oxygens (including phenoxy) is 2. The lowest BCUT2D eigenvalue weighted by Crippen LogP contribution is -2.42. The number of carboxylic acid groups (broad SMARTS) is 1. The van der Waals surface area contributed by atoms with Gasteiger partial charge in [-0.1, -0.05) is 60.7 Å². The summed E-state index contributed by atoms with van der Waals surface area (Å²) in [6.07, 6.45) is -0.636. The Morgan fingerprint density at radius 1 is 0.939 bits per heavy atom. The standard InChI is InChI=1S/C26H26N2O5/c27-13-14-32-18-11-9-17(10-12-18)15-24(25(29)30)28-26(31)33-16-23-21-7-3-1-5-19(21)20-6-2-4-8-22(20)23/h1-12,23-24H,13-16,27H2,(H,28,31)(H,29,30). The van der Waals surface area contributed by atoms with Crippen molar-refractivity contribution in [2.75, 3.05) is 19.8 Å². The zero-order chi connectivity index (χ0) is 23.2. The van der Waals surface area contributed by atoms with Crippen LogP contribution < -0.4 is 15.8 Å². The number of fused-ring (bicyclic) bond motifs is 3. The van der Waals surface area contributed by atoms with Gasteiger partial charge in [0, 0.05) is 18.9 Å². The van der Waals surface area contributed by atoms with Crippen LogP contribution in [0.3, 0.4) is 0 Å². The van der Waals surface area contributed by atoms with E-state index in [1.165, 1.54) is 0 Å². The second kappa shape index (κ2) is 10.2. The first-order valence-electron chi connectivity index (χ1n) is 10.8. The van der Waals surface area contributed by atoms with Gasteiger partial charge in [0.15, 0.2) is 0 Å². The number of carbonyl (C=O) groups is 2. The molecule has 1 aliphatic rings. The quantitative estimate of drug-likeness (QED) is 0.464. The average molecular weight is 447 g/mol. The van der Waals surface area contributed by atoms with Crippen molar-refractivity contribution in [3.63, 3.8) is 0 Å². The number of rotatable bonds is 9. The molecule has 7 heteroatoms. The molecule has 1 amide bonds. The zero-order valence-corrected chi connectivity index (χ0v) is 18.1. The largest absolute Gasteiger partial charge is 0.492 e. The summed E-state index contributed by atoms with van der Waals surface area (Å²) < 4.78 is 10.9. The summed E-state index contributed by atoms with van der Waals surface area (Å²) in [6.45, 7) is 0.937. The third-order valence-electron chi connectivity index (χ3n) is 5.68. The fourth-order valence-electron chi connectivity index (χ4n) is 4.12. The van der Waals surface area contributed by atoms with E-state index in [4.69, 9.17) is 15.2 Å². The SMILES string of the molecule is NCCOc1ccc(CC(NC(=O)OCC2c3ccccc3-c3ccccc32)C(=O)O)cc1. The van der Waals surface area contributed by atoms with Crippen molar-refractivity contribution in [3.8, 4) is 16.9 Å². The van der Waals surface area contributed by atoms with Crippen molar-refractivity contribution < 1.29 is 24.2 Å². The molecule has 0 spiro atoms. The van der Waals surface area contributed by atoms with Crippen LogP contribution in [0.5, 0.6) is 5.75 Å². The van der Waals surface area contributed by atoms with E-state index < -0.39 is 18.1 Å². The van der Waals surface area contributed by atoms with Crippen molar-refractivity contribution in [1.82, 2.24) is 5.32 Å². The Balaban J connectivity index is 1.38. The van der Waals surface area contributed by atoms with Gasteiger partial charge in [-0.3, -0.25) is 0 Å². The van der Waals surface area contributed by atoms with Gasteiger partial charge < -0.3 is 25.6 Å². The van der Waals surface area contributed by atoms with E-state index in [-0.39, 0.29) is 18.9 Å². The summed E-state index contributed by atoms with van der Waals surface area (Å²) in [7, 11) is 0. The van der Waals surface area contributed by atoms with Crippen LogP contribution in [-0.2, 0) is 16.0 Å². The molecule has 0 heterocycles. The Morgan fingerprint density at radius 3 is 2.12 bits per heavy atom. The summed E-state index contributed by atoms with van der Waals surface area (Å²) in [5, 5.41) is 12.1. The van der Waals surface area contributed by atoms with Gasteiger partial charge >= 0.3 is 12.1 Å². The molecule has 0 bridgehead atoms. The summed E-state index contributed by atoms with van der Waals surface area (Å²) in [5.74, 6) is -0.569. The average Bonchev–Trinajstić information content (AvgIpc) is 3.15. The molecule has 0 aliphatic heterocycles. The van der Waals surface area contributed by atoms with Crippen LogP contribution in [0.2, 0.25) is 0 Å². The second-order valence-electron chi connectivity index (χ2n) is 7.85. The van der Waals surface area contributed by atoms with Crippen molar-refractivity contribution in [3.05, 3.63) is 89.5 Å². The van der Waals surface area contributed by atoms with Crippen molar-refractivity contribution in [2.24, 2.45) is 5.73 Å². The van der Waals surface area contributed by atoms with Crippen LogP contribution in [0.25, 0.3) is 11.1 Å². The van der Waals surface area contributed by atoms with E-state index in [1.54, 1.807) is 24.3 Å². The fourth-order valence-corrected chi connectivity index (χ4v) is 4.12. The van der Waals surface area contributed by atoms with Crippen molar-refractivity contribution >= 4 is 12.1 Å². The van der Waals surface area contributed by atoms with Gasteiger partial charge in [-0.2, -0.15) is 0 Å². The molecule has 1 aliphatic carbocycles. The molecule has 1 unspecified atom stereocenters. The molecule has 3 aromatic rings. The van der Waals surface area contributed by atoms with Crippen molar-refractivity contribution in [2.45, 2.75) is 18.4 Å². The molecule has 0 radical (unpaired) electrons. The number of benzene rings is 3. The number of aliphatic carboxylic acids is 1. The molecule has 33 heavy (non-hydrogen) atoms. The third-order valence-corrected chi connectivity index (χ3v) is 5.68. The number of carboxylic acids is 1. The van der Waals surface area contributed by atoms with E-state index >= 15 is 0 Å². The first-order valence-corrected chi connectivity index (χ1v) is 10.8. The molecular formula is C26H26N2O5. The maximum atomic E-state index is 12.5. The highest BCUT2D eigenvalue weighted by molar-refractivity contribution is 5.81. The molecule has 0 saturated carbocycles. The van der Waals surface area contributed by atoms with Gasteiger partial charge in [-0.05, 0) is 39.9 Å². The van der Waals surface area contributed by atoms with Crippen molar-refractivity contribution in [1.29, 1.82) is 0 Å². The number of hydrogen-bond acceptors (Lipinski definition) is 5. The second-order valence-corrected chi connectivity index (χ2v) is 7.85. The van der Waals surface area contributed by atoms with Gasteiger partial charge in [0.25, 0.3) is 0 Å². The number of hydrogen-bond donors (Lipinski definition) is 3. The number of nitrogens with one attached hydrogen (secondary N) is 1. The number of nitrogens with two attached hydrogens (primary N) is 1. The molecular weight excluding hydrogens is 420 g/mol. The topological polar surface area (TPSA) is 111 Å². The summed E-state index contributed by atoms with van der Waals surface area (Å²) in [4.78, 5) is 24.2. The Kier molecular flexibility index (Phi) is 6.90. The van der Waals surface area contributed by atoms with Crippen LogP contribution in [0, 0.1) is 0 Å². The van der Waals surface area contributed by atoms with Crippen LogP contribution in [-0.4, -0.2) is 43.0 Å². The van der Waals surface area contributed by atoms with E-state index in [9.17, 15) is 14.7 Å². The molecule has 4 N–H and O–H groups in total. The molecule has 0 aromatic heterocycles. The Labute approximate surface area is 192 Å². The van der Waals surface area contributed by atoms with Crippen LogP contribution in [0.4, 0.5) is 4.79 Å². The van der Waals surface area contributed by atoms with Gasteiger partial charge in [-0.15, -0.1) is 0 Å². The first-order chi connectivity index (χ1) is 16.1.